The van der Waals surface area contributed by atoms with Crippen LogP contribution >= 0.6 is 0 Å². The minimum Gasteiger partial charge on any atom is -0.348 e. The molecule has 1 aliphatic carbocycles. The van der Waals surface area contributed by atoms with E-state index in [0.717, 1.165) is 25.3 Å². The van der Waals surface area contributed by atoms with Gasteiger partial charge in [0.05, 0.1) is 11.6 Å². The molecule has 0 radical (unpaired) electrons. The molecule has 1 amide bonds. The zero-order chi connectivity index (χ0) is 15.5. The third kappa shape index (κ3) is 3.59. The van der Waals surface area contributed by atoms with Gasteiger partial charge in [0, 0.05) is 11.6 Å². The number of hydrogen-bond acceptors (Lipinski definition) is 2. The van der Waals surface area contributed by atoms with E-state index in [2.05, 4.69) is 5.32 Å². The highest BCUT2D eigenvalue weighted by atomic mass is 19.1. The van der Waals surface area contributed by atoms with E-state index in [-0.39, 0.29) is 5.91 Å². The maximum Gasteiger partial charge on any atom is 0.240 e. The lowest BCUT2D eigenvalue weighted by molar-refractivity contribution is -0.128. The Kier molecular flexibility index (Phi) is 4.93. The topological polar surface area (TPSA) is 55.1 Å². The molecule has 1 aromatic rings. The predicted octanol–water partition coefficient (Wildman–Crippen LogP) is 3.19. The van der Waals surface area contributed by atoms with E-state index in [1.54, 1.807) is 0 Å². The van der Waals surface area contributed by atoms with Crippen LogP contribution in [0.1, 0.15) is 57.1 Å². The second-order valence-corrected chi connectivity index (χ2v) is 5.82. The van der Waals surface area contributed by atoms with E-state index < -0.39 is 23.2 Å². The Morgan fingerprint density at radius 2 is 2.00 bits per heavy atom. The summed E-state index contributed by atoms with van der Waals surface area (Å²) in [6.07, 6.45) is 4.79. The van der Waals surface area contributed by atoms with Crippen molar-refractivity contribution in [1.29, 1.82) is 0 Å². The molecule has 1 fully saturated rings. The minimum absolute atomic E-state index is 0.238. The van der Waals surface area contributed by atoms with Crippen molar-refractivity contribution >= 4 is 5.91 Å². The Bertz CT molecular complexity index is 513. The average molecular weight is 296 g/mol. The molecule has 5 heteroatoms. The first-order valence-corrected chi connectivity index (χ1v) is 7.51. The van der Waals surface area contributed by atoms with Crippen LogP contribution in [0.4, 0.5) is 8.78 Å². The van der Waals surface area contributed by atoms with Gasteiger partial charge in [0.1, 0.15) is 11.6 Å². The largest absolute Gasteiger partial charge is 0.348 e. The van der Waals surface area contributed by atoms with Gasteiger partial charge in [-0.25, -0.2) is 8.78 Å². The zero-order valence-corrected chi connectivity index (χ0v) is 12.3. The van der Waals surface area contributed by atoms with Crippen LogP contribution in [0.15, 0.2) is 18.2 Å². The summed E-state index contributed by atoms with van der Waals surface area (Å²) in [6, 6.07) is 2.93. The van der Waals surface area contributed by atoms with Crippen molar-refractivity contribution in [2.24, 2.45) is 5.73 Å². The van der Waals surface area contributed by atoms with Gasteiger partial charge in [0.25, 0.3) is 0 Å². The SMILES string of the molecule is CCC(NC(=O)C1(N)CCCCC1)c1ccc(F)cc1F. The van der Waals surface area contributed by atoms with Gasteiger partial charge in [-0.2, -0.15) is 0 Å². The van der Waals surface area contributed by atoms with Crippen molar-refractivity contribution in [3.63, 3.8) is 0 Å². The highest BCUT2D eigenvalue weighted by Crippen LogP contribution is 2.28. The predicted molar refractivity (Wildman–Crippen MR) is 77.5 cm³/mol. The van der Waals surface area contributed by atoms with Crippen molar-refractivity contribution in [3.05, 3.63) is 35.4 Å². The summed E-state index contributed by atoms with van der Waals surface area (Å²) >= 11 is 0. The molecule has 0 aromatic heterocycles. The van der Waals surface area contributed by atoms with Gasteiger partial charge in [-0.1, -0.05) is 32.3 Å². The highest BCUT2D eigenvalue weighted by molar-refractivity contribution is 5.86. The fourth-order valence-electron chi connectivity index (χ4n) is 2.90. The van der Waals surface area contributed by atoms with Crippen LogP contribution in [-0.4, -0.2) is 11.4 Å². The fourth-order valence-corrected chi connectivity index (χ4v) is 2.90. The molecule has 1 saturated carbocycles. The number of carbonyl (C=O) groups is 1. The summed E-state index contributed by atoms with van der Waals surface area (Å²) in [7, 11) is 0. The number of nitrogens with two attached hydrogens (primary N) is 1. The Morgan fingerprint density at radius 1 is 1.33 bits per heavy atom. The van der Waals surface area contributed by atoms with E-state index >= 15 is 0 Å². The van der Waals surface area contributed by atoms with E-state index in [4.69, 9.17) is 5.73 Å². The molecule has 1 aromatic carbocycles. The molecule has 0 saturated heterocycles. The Balaban J connectivity index is 2.13. The van der Waals surface area contributed by atoms with Crippen molar-refractivity contribution in [1.82, 2.24) is 5.32 Å². The molecular weight excluding hydrogens is 274 g/mol. The third-order valence-corrected chi connectivity index (χ3v) is 4.25. The second-order valence-electron chi connectivity index (χ2n) is 5.82. The van der Waals surface area contributed by atoms with Gasteiger partial charge in [0.2, 0.25) is 5.91 Å². The van der Waals surface area contributed by atoms with Gasteiger partial charge in [0.15, 0.2) is 0 Å². The summed E-state index contributed by atoms with van der Waals surface area (Å²) in [5, 5.41) is 2.83. The molecule has 21 heavy (non-hydrogen) atoms. The monoisotopic (exact) mass is 296 g/mol. The number of hydrogen-bond donors (Lipinski definition) is 2. The normalized spacial score (nSPS) is 19.0. The molecule has 2 rings (SSSR count). The number of benzene rings is 1. The summed E-state index contributed by atoms with van der Waals surface area (Å²) in [6.45, 7) is 1.85. The van der Waals surface area contributed by atoms with E-state index in [1.807, 2.05) is 6.92 Å². The standard InChI is InChI=1S/C16H22F2N2O/c1-2-14(12-7-6-11(17)10-13(12)18)20-15(21)16(19)8-4-3-5-9-16/h6-7,10,14H,2-5,8-9,19H2,1H3,(H,20,21). The van der Waals surface area contributed by atoms with Crippen molar-refractivity contribution in [2.45, 2.75) is 57.0 Å². The van der Waals surface area contributed by atoms with Gasteiger partial charge >= 0.3 is 0 Å². The molecule has 0 spiro atoms. The lowest BCUT2D eigenvalue weighted by Crippen LogP contribution is -2.55. The first-order chi connectivity index (χ1) is 9.96. The number of rotatable bonds is 4. The molecule has 0 bridgehead atoms. The van der Waals surface area contributed by atoms with Crippen LogP contribution in [-0.2, 0) is 4.79 Å². The summed E-state index contributed by atoms with van der Waals surface area (Å²) < 4.78 is 26.8. The molecule has 0 aliphatic heterocycles. The molecule has 1 unspecified atom stereocenters. The molecule has 3 nitrogen and oxygen atoms in total. The summed E-state index contributed by atoms with van der Waals surface area (Å²) in [4.78, 5) is 12.4. The van der Waals surface area contributed by atoms with Crippen molar-refractivity contribution < 1.29 is 13.6 Å². The number of nitrogens with one attached hydrogen (secondary N) is 1. The van der Waals surface area contributed by atoms with Gasteiger partial charge in [-0.3, -0.25) is 4.79 Å². The Morgan fingerprint density at radius 3 is 2.57 bits per heavy atom. The molecule has 1 aliphatic rings. The maximum atomic E-state index is 13.9. The number of halogens is 2. The van der Waals surface area contributed by atoms with Crippen molar-refractivity contribution in [2.75, 3.05) is 0 Å². The van der Waals surface area contributed by atoms with Crippen LogP contribution in [0, 0.1) is 11.6 Å². The molecule has 0 heterocycles. The lowest BCUT2D eigenvalue weighted by atomic mass is 9.81. The Labute approximate surface area is 123 Å². The molecule has 1 atom stereocenters. The van der Waals surface area contributed by atoms with E-state index in [9.17, 15) is 13.6 Å². The first-order valence-electron chi connectivity index (χ1n) is 7.51. The van der Waals surface area contributed by atoms with Gasteiger partial charge < -0.3 is 11.1 Å². The van der Waals surface area contributed by atoms with Crippen LogP contribution < -0.4 is 11.1 Å². The number of amides is 1. The molecule has 116 valence electrons. The first kappa shape index (κ1) is 15.9. The second kappa shape index (κ2) is 6.52. The lowest BCUT2D eigenvalue weighted by Gasteiger charge is -2.33. The van der Waals surface area contributed by atoms with E-state index in [0.29, 0.717) is 24.8 Å². The quantitative estimate of drug-likeness (QED) is 0.896. The average Bonchev–Trinajstić information content (AvgIpc) is 2.46. The van der Waals surface area contributed by atoms with Crippen molar-refractivity contribution in [3.8, 4) is 0 Å². The maximum absolute atomic E-state index is 13.9. The smallest absolute Gasteiger partial charge is 0.240 e. The summed E-state index contributed by atoms with van der Waals surface area (Å²) in [5.41, 5.74) is 5.62. The minimum atomic E-state index is -0.859. The van der Waals surface area contributed by atoms with E-state index in [1.165, 1.54) is 12.1 Å². The third-order valence-electron chi connectivity index (χ3n) is 4.25. The zero-order valence-electron chi connectivity index (χ0n) is 12.3. The fraction of sp³-hybridized carbons (Fsp3) is 0.562. The van der Waals surface area contributed by atoms with Crippen LogP contribution in [0.25, 0.3) is 0 Å². The van der Waals surface area contributed by atoms with Crippen LogP contribution in [0.2, 0.25) is 0 Å². The Hall–Kier alpha value is -1.49. The van der Waals surface area contributed by atoms with Gasteiger partial charge in [-0.05, 0) is 25.3 Å². The number of carbonyl (C=O) groups excluding carboxylic acids is 1. The molecule has 3 N–H and O–H groups in total. The summed E-state index contributed by atoms with van der Waals surface area (Å²) in [5.74, 6) is -1.50. The highest BCUT2D eigenvalue weighted by Gasteiger charge is 2.36. The van der Waals surface area contributed by atoms with Crippen LogP contribution in [0.5, 0.6) is 0 Å². The molecular formula is C16H22F2N2O. The van der Waals surface area contributed by atoms with Gasteiger partial charge in [-0.15, -0.1) is 0 Å². The van der Waals surface area contributed by atoms with Crippen LogP contribution in [0.3, 0.4) is 0 Å².